The largest absolute Gasteiger partial charge is 0.449 e. The molecule has 35 heavy (non-hydrogen) atoms. The monoisotopic (exact) mass is 469 g/mol. The summed E-state index contributed by atoms with van der Waals surface area (Å²) in [6.07, 6.45) is -0.770. The van der Waals surface area contributed by atoms with Gasteiger partial charge in [0, 0.05) is 18.7 Å². The van der Waals surface area contributed by atoms with Crippen LogP contribution in [0.2, 0.25) is 0 Å². The van der Waals surface area contributed by atoms with E-state index in [0.29, 0.717) is 5.56 Å². The predicted molar refractivity (Wildman–Crippen MR) is 133 cm³/mol. The van der Waals surface area contributed by atoms with Gasteiger partial charge in [0.25, 0.3) is 0 Å². The van der Waals surface area contributed by atoms with Crippen molar-refractivity contribution >= 4 is 6.09 Å². The molecule has 1 aliphatic rings. The minimum absolute atomic E-state index is 0.00899. The molecule has 1 amide bonds. The number of hydrogen-bond donors (Lipinski definition) is 4. The lowest BCUT2D eigenvalue weighted by atomic mass is 9.98. The van der Waals surface area contributed by atoms with Crippen molar-refractivity contribution in [2.24, 2.45) is 0 Å². The Balaban J connectivity index is 1.10. The van der Waals surface area contributed by atoms with Gasteiger partial charge in [-0.1, -0.05) is 72.8 Å². The Bertz CT molecular complexity index is 1240. The lowest BCUT2D eigenvalue weighted by molar-refractivity contribution is 0.0137. The van der Waals surface area contributed by atoms with E-state index in [2.05, 4.69) is 39.8 Å². The molecule has 0 aliphatic heterocycles. The molecule has 3 aromatic carbocycles. The highest BCUT2D eigenvalue weighted by Crippen LogP contribution is 2.44. The van der Waals surface area contributed by atoms with Gasteiger partial charge in [0.2, 0.25) is 0 Å². The van der Waals surface area contributed by atoms with E-state index in [1.54, 1.807) is 18.3 Å². The maximum Gasteiger partial charge on any atom is 0.407 e. The number of aliphatic hydroxyl groups is 2. The summed E-state index contributed by atoms with van der Waals surface area (Å²) < 4.78 is 5.51. The van der Waals surface area contributed by atoms with Gasteiger partial charge in [-0.2, -0.15) is 5.10 Å². The molecule has 1 aliphatic carbocycles. The number of nitrogens with zero attached hydrogens (tertiary/aromatic N) is 1. The quantitative estimate of drug-likeness (QED) is 0.306. The third-order valence-corrected chi connectivity index (χ3v) is 6.48. The molecule has 0 fully saturated rings. The first-order chi connectivity index (χ1) is 17.1. The van der Waals surface area contributed by atoms with Crippen molar-refractivity contribution in [2.45, 2.75) is 24.5 Å². The first-order valence-corrected chi connectivity index (χ1v) is 11.7. The number of hydrogen-bond acceptors (Lipinski definition) is 5. The summed E-state index contributed by atoms with van der Waals surface area (Å²) >= 11 is 0. The Morgan fingerprint density at radius 1 is 0.943 bits per heavy atom. The number of alkyl carbamates (subject to hydrolysis) is 1. The topological polar surface area (TPSA) is 107 Å². The van der Waals surface area contributed by atoms with Crippen LogP contribution in [0.5, 0.6) is 0 Å². The van der Waals surface area contributed by atoms with Gasteiger partial charge in [0.05, 0.1) is 11.8 Å². The molecule has 0 bridgehead atoms. The summed E-state index contributed by atoms with van der Waals surface area (Å²) in [7, 11) is 0. The van der Waals surface area contributed by atoms with Crippen molar-refractivity contribution in [3.8, 4) is 22.4 Å². The molecule has 0 spiro atoms. The number of rotatable bonds is 8. The molecule has 7 heteroatoms. The lowest BCUT2D eigenvalue weighted by Crippen LogP contribution is -2.30. The molecule has 7 nitrogen and oxygen atoms in total. The fourth-order valence-corrected chi connectivity index (χ4v) is 4.63. The van der Waals surface area contributed by atoms with Crippen LogP contribution < -0.4 is 5.32 Å². The highest BCUT2D eigenvalue weighted by molar-refractivity contribution is 5.79. The number of nitrogens with one attached hydrogen (secondary N) is 2. The van der Waals surface area contributed by atoms with Crippen molar-refractivity contribution in [3.05, 3.63) is 102 Å². The molecule has 2 unspecified atom stereocenters. The van der Waals surface area contributed by atoms with Crippen LogP contribution in [0.15, 0.2) is 85.1 Å². The van der Waals surface area contributed by atoms with Gasteiger partial charge >= 0.3 is 6.09 Å². The minimum Gasteiger partial charge on any atom is -0.449 e. The summed E-state index contributed by atoms with van der Waals surface area (Å²) in [5.74, 6) is -0.00899. The Labute approximate surface area is 203 Å². The van der Waals surface area contributed by atoms with Gasteiger partial charge in [0.1, 0.15) is 12.7 Å². The van der Waals surface area contributed by atoms with Crippen LogP contribution in [0.4, 0.5) is 4.79 Å². The Morgan fingerprint density at radius 2 is 1.60 bits per heavy atom. The number of fused-ring (bicyclic) bond motifs is 3. The average Bonchev–Trinajstić information content (AvgIpc) is 3.54. The van der Waals surface area contributed by atoms with Crippen molar-refractivity contribution in [1.29, 1.82) is 0 Å². The van der Waals surface area contributed by atoms with Crippen LogP contribution in [0.1, 0.15) is 35.1 Å². The number of aliphatic hydroxyl groups excluding tert-OH is 2. The van der Waals surface area contributed by atoms with Gasteiger partial charge in [0.15, 0.2) is 0 Å². The van der Waals surface area contributed by atoms with Gasteiger partial charge in [-0.25, -0.2) is 4.79 Å². The number of aromatic nitrogens is 2. The van der Waals surface area contributed by atoms with Crippen molar-refractivity contribution in [2.75, 3.05) is 13.2 Å². The Kier molecular flexibility index (Phi) is 6.61. The third-order valence-electron chi connectivity index (χ3n) is 6.48. The third kappa shape index (κ3) is 4.82. The average molecular weight is 470 g/mol. The standard InChI is InChI=1S/C28H27N3O4/c32-26(27(33)19-11-9-18(10-12-19)25-13-16-30-31-25)14-15-29-28(34)35-17-24-22-7-3-1-5-20(22)21-6-2-4-8-23(21)24/h1-13,16,24,26-27,32-33H,14-15,17H2,(H,29,34)(H,30,31). The summed E-state index contributed by atoms with van der Waals surface area (Å²) in [4.78, 5) is 12.3. The number of benzene rings is 3. The molecule has 4 N–H and O–H groups in total. The van der Waals surface area contributed by atoms with Crippen LogP contribution in [-0.4, -0.2) is 45.8 Å². The molecule has 178 valence electrons. The van der Waals surface area contributed by atoms with Crippen molar-refractivity contribution < 1.29 is 19.7 Å². The molecule has 5 rings (SSSR count). The second-order valence-electron chi connectivity index (χ2n) is 8.65. The maximum atomic E-state index is 12.3. The first-order valence-electron chi connectivity index (χ1n) is 11.7. The van der Waals surface area contributed by atoms with E-state index in [1.165, 1.54) is 11.1 Å². The maximum absolute atomic E-state index is 12.3. The van der Waals surface area contributed by atoms with E-state index >= 15 is 0 Å². The van der Waals surface area contributed by atoms with Crippen molar-refractivity contribution in [3.63, 3.8) is 0 Å². The van der Waals surface area contributed by atoms with Gasteiger partial charge in [-0.05, 0) is 45.9 Å². The first kappa shape index (κ1) is 22.8. The minimum atomic E-state index is -1.06. The molecule has 0 radical (unpaired) electrons. The van der Waals surface area contributed by atoms with Gasteiger partial charge < -0.3 is 20.3 Å². The Morgan fingerprint density at radius 3 is 2.23 bits per heavy atom. The van der Waals surface area contributed by atoms with E-state index in [-0.39, 0.29) is 25.5 Å². The lowest BCUT2D eigenvalue weighted by Gasteiger charge is -2.19. The van der Waals surface area contributed by atoms with E-state index in [1.807, 2.05) is 42.5 Å². The van der Waals surface area contributed by atoms with E-state index in [9.17, 15) is 15.0 Å². The van der Waals surface area contributed by atoms with Crippen LogP contribution in [-0.2, 0) is 4.74 Å². The Hall–Kier alpha value is -3.94. The number of amides is 1. The normalized spacial score (nSPS) is 14.1. The molecule has 1 aromatic heterocycles. The summed E-state index contributed by atoms with van der Waals surface area (Å²) in [5, 5.41) is 30.4. The number of carbonyl (C=O) groups is 1. The van der Waals surface area contributed by atoms with Gasteiger partial charge in [-0.3, -0.25) is 5.10 Å². The van der Waals surface area contributed by atoms with Crippen LogP contribution in [0.3, 0.4) is 0 Å². The van der Waals surface area contributed by atoms with E-state index in [0.717, 1.165) is 22.4 Å². The second-order valence-corrected chi connectivity index (χ2v) is 8.65. The van der Waals surface area contributed by atoms with E-state index in [4.69, 9.17) is 4.74 Å². The molecule has 4 aromatic rings. The van der Waals surface area contributed by atoms with Crippen molar-refractivity contribution in [1.82, 2.24) is 15.5 Å². The van der Waals surface area contributed by atoms with Crippen LogP contribution >= 0.6 is 0 Å². The molecule has 0 saturated carbocycles. The van der Waals surface area contributed by atoms with E-state index < -0.39 is 18.3 Å². The molecular formula is C28H27N3O4. The zero-order valence-corrected chi connectivity index (χ0v) is 19.1. The van der Waals surface area contributed by atoms with Crippen LogP contribution in [0, 0.1) is 0 Å². The SMILES string of the molecule is O=C(NCCC(O)C(O)c1ccc(-c2ccn[nH]2)cc1)OCC1c2ccccc2-c2ccccc21. The number of carbonyl (C=O) groups excluding carboxylic acids is 1. The highest BCUT2D eigenvalue weighted by atomic mass is 16.5. The summed E-state index contributed by atoms with van der Waals surface area (Å²) in [6.45, 7) is 0.412. The number of H-pyrrole nitrogens is 1. The van der Waals surface area contributed by atoms with Crippen LogP contribution in [0.25, 0.3) is 22.4 Å². The summed E-state index contributed by atoms with van der Waals surface area (Å²) in [5.41, 5.74) is 7.06. The smallest absolute Gasteiger partial charge is 0.407 e. The molecule has 2 atom stereocenters. The number of ether oxygens (including phenoxy) is 1. The second kappa shape index (κ2) is 10.1. The molecule has 1 heterocycles. The fraction of sp³-hybridized carbons (Fsp3) is 0.214. The predicted octanol–water partition coefficient (Wildman–Crippen LogP) is 4.40. The zero-order chi connectivity index (χ0) is 24.2. The zero-order valence-electron chi connectivity index (χ0n) is 19.1. The molecular weight excluding hydrogens is 442 g/mol. The number of aromatic amines is 1. The summed E-state index contributed by atoms with van der Waals surface area (Å²) in [6, 6.07) is 25.4. The van der Waals surface area contributed by atoms with Gasteiger partial charge in [-0.15, -0.1) is 0 Å². The fourth-order valence-electron chi connectivity index (χ4n) is 4.63. The highest BCUT2D eigenvalue weighted by Gasteiger charge is 2.29. The molecule has 0 saturated heterocycles.